The van der Waals surface area contributed by atoms with Crippen molar-refractivity contribution in [1.29, 1.82) is 0 Å². The summed E-state index contributed by atoms with van der Waals surface area (Å²) in [5, 5.41) is 14.3. The quantitative estimate of drug-likeness (QED) is 0.455. The molecule has 0 unspecified atom stereocenters. The maximum absolute atomic E-state index is 14.3. The van der Waals surface area contributed by atoms with Gasteiger partial charge in [-0.2, -0.15) is 4.98 Å². The first kappa shape index (κ1) is 22.6. The predicted octanol–water partition coefficient (Wildman–Crippen LogP) is 0.284. The standard InChI is InChI=1S/C21H29FN10O2/c1-21(33)11-30(4-2-15(21)32-13-28-16-17(23)26-12-27-19(16)32)5-3-24-18-14(22)10-25-20(29-18)31-6-8-34-9-7-31/h10,12-13,15,33H,2-9,11H2,1H3,(H2,23,26,27)(H,24,25,29)/t15-,21-/m0/s1. The highest BCUT2D eigenvalue weighted by molar-refractivity contribution is 5.81. The molecule has 3 aromatic heterocycles. The third-order valence-corrected chi connectivity index (χ3v) is 6.45. The van der Waals surface area contributed by atoms with Gasteiger partial charge >= 0.3 is 0 Å². The van der Waals surface area contributed by atoms with Gasteiger partial charge in [-0.3, -0.25) is 4.90 Å². The molecule has 2 aliphatic rings. The van der Waals surface area contributed by atoms with Gasteiger partial charge in [-0.05, 0) is 13.3 Å². The minimum atomic E-state index is -1.02. The first-order valence-electron chi connectivity index (χ1n) is 11.4. The SMILES string of the molecule is C[C@]1(O)CN(CCNc2nc(N3CCOCC3)ncc2F)CC[C@@H]1n1cnc2c(N)ncnc21. The number of nitrogen functional groups attached to an aromatic ring is 1. The van der Waals surface area contributed by atoms with E-state index in [1.165, 1.54) is 12.5 Å². The number of β-amino-alcohol motifs (C(OH)–C–C–N with tert-alkyl or cyclic N) is 1. The Kier molecular flexibility index (Phi) is 6.15. The minimum Gasteiger partial charge on any atom is -0.387 e. The van der Waals surface area contributed by atoms with E-state index in [1.807, 2.05) is 16.4 Å². The molecule has 0 aliphatic carbocycles. The lowest BCUT2D eigenvalue weighted by Crippen LogP contribution is -2.53. The zero-order valence-electron chi connectivity index (χ0n) is 19.1. The Bertz CT molecular complexity index is 1150. The van der Waals surface area contributed by atoms with Crippen LogP contribution in [0, 0.1) is 5.82 Å². The number of nitrogens with zero attached hydrogens (tertiary/aromatic N) is 8. The number of aliphatic hydroxyl groups is 1. The smallest absolute Gasteiger partial charge is 0.227 e. The Morgan fingerprint density at radius 2 is 2.06 bits per heavy atom. The molecule has 0 saturated carbocycles. The number of imidazole rings is 1. The fourth-order valence-electron chi connectivity index (χ4n) is 4.71. The number of halogens is 1. The number of nitrogens with two attached hydrogens (primary N) is 1. The average Bonchev–Trinajstić information content (AvgIpc) is 3.25. The van der Waals surface area contributed by atoms with Gasteiger partial charge in [0.2, 0.25) is 5.95 Å². The summed E-state index contributed by atoms with van der Waals surface area (Å²) >= 11 is 0. The van der Waals surface area contributed by atoms with E-state index >= 15 is 0 Å². The molecule has 13 heteroatoms. The number of morpholine rings is 1. The van der Waals surface area contributed by atoms with Gasteiger partial charge in [0.05, 0.1) is 37.4 Å². The van der Waals surface area contributed by atoms with Crippen LogP contribution in [0.3, 0.4) is 0 Å². The molecular formula is C21H29FN10O2. The van der Waals surface area contributed by atoms with E-state index < -0.39 is 11.4 Å². The van der Waals surface area contributed by atoms with Crippen molar-refractivity contribution in [2.75, 3.05) is 68.4 Å². The van der Waals surface area contributed by atoms with Crippen LogP contribution in [0.25, 0.3) is 11.2 Å². The lowest BCUT2D eigenvalue weighted by atomic mass is 9.89. The van der Waals surface area contributed by atoms with Crippen LogP contribution >= 0.6 is 0 Å². The number of nitrogens with one attached hydrogen (secondary N) is 1. The zero-order valence-corrected chi connectivity index (χ0v) is 19.1. The molecule has 5 rings (SSSR count). The van der Waals surface area contributed by atoms with Crippen LogP contribution in [0.15, 0.2) is 18.9 Å². The summed E-state index contributed by atoms with van der Waals surface area (Å²) in [6.07, 6.45) is 4.96. The van der Waals surface area contributed by atoms with Crippen molar-refractivity contribution in [1.82, 2.24) is 34.4 Å². The van der Waals surface area contributed by atoms with Crippen molar-refractivity contribution < 1.29 is 14.2 Å². The maximum atomic E-state index is 14.3. The molecule has 0 aromatic carbocycles. The molecule has 34 heavy (non-hydrogen) atoms. The van der Waals surface area contributed by atoms with Crippen molar-refractivity contribution in [2.24, 2.45) is 0 Å². The summed E-state index contributed by atoms with van der Waals surface area (Å²) in [5.41, 5.74) is 6.04. The highest BCUT2D eigenvalue weighted by atomic mass is 19.1. The molecule has 2 atom stereocenters. The van der Waals surface area contributed by atoms with Crippen molar-refractivity contribution in [3.63, 3.8) is 0 Å². The van der Waals surface area contributed by atoms with E-state index in [1.54, 1.807) is 6.33 Å². The van der Waals surface area contributed by atoms with Crippen molar-refractivity contribution >= 4 is 28.7 Å². The maximum Gasteiger partial charge on any atom is 0.227 e. The molecule has 0 bridgehead atoms. The average molecular weight is 473 g/mol. The van der Waals surface area contributed by atoms with Gasteiger partial charge in [0.1, 0.15) is 11.8 Å². The van der Waals surface area contributed by atoms with Crippen LogP contribution < -0.4 is 16.0 Å². The second kappa shape index (κ2) is 9.24. The highest BCUT2D eigenvalue weighted by Crippen LogP contribution is 2.34. The molecule has 0 spiro atoms. The van der Waals surface area contributed by atoms with Crippen LogP contribution in [0.2, 0.25) is 0 Å². The van der Waals surface area contributed by atoms with Crippen LogP contribution in [0.5, 0.6) is 0 Å². The van der Waals surface area contributed by atoms with Gasteiger partial charge in [-0.25, -0.2) is 24.3 Å². The Labute approximate surface area is 196 Å². The lowest BCUT2D eigenvalue weighted by molar-refractivity contribution is -0.0544. The number of hydrogen-bond acceptors (Lipinski definition) is 11. The second-order valence-corrected chi connectivity index (χ2v) is 8.91. The number of ether oxygens (including phenoxy) is 1. The zero-order chi connectivity index (χ0) is 23.7. The third-order valence-electron chi connectivity index (χ3n) is 6.45. The summed E-state index contributed by atoms with van der Waals surface area (Å²) in [6, 6.07) is -0.202. The molecule has 5 heterocycles. The van der Waals surface area contributed by atoms with E-state index in [0.29, 0.717) is 75.3 Å². The van der Waals surface area contributed by atoms with Crippen LogP contribution in [-0.2, 0) is 4.74 Å². The minimum absolute atomic E-state index is 0.181. The Morgan fingerprint density at radius 1 is 1.24 bits per heavy atom. The van der Waals surface area contributed by atoms with Gasteiger partial charge in [-0.1, -0.05) is 0 Å². The number of fused-ring (bicyclic) bond motifs is 1. The molecule has 3 aromatic rings. The van der Waals surface area contributed by atoms with E-state index in [2.05, 4.69) is 35.1 Å². The van der Waals surface area contributed by atoms with E-state index in [0.717, 1.165) is 6.54 Å². The van der Waals surface area contributed by atoms with Crippen LogP contribution in [0.4, 0.5) is 22.0 Å². The van der Waals surface area contributed by atoms with Crippen molar-refractivity contribution in [3.8, 4) is 0 Å². The molecule has 0 amide bonds. The Morgan fingerprint density at radius 3 is 2.85 bits per heavy atom. The van der Waals surface area contributed by atoms with Crippen LogP contribution in [-0.4, -0.2) is 97.6 Å². The van der Waals surface area contributed by atoms with E-state index in [4.69, 9.17) is 10.5 Å². The number of aromatic nitrogens is 6. The number of anilines is 3. The predicted molar refractivity (Wildman–Crippen MR) is 124 cm³/mol. The van der Waals surface area contributed by atoms with E-state index in [-0.39, 0.29) is 11.9 Å². The largest absolute Gasteiger partial charge is 0.387 e. The highest BCUT2D eigenvalue weighted by Gasteiger charge is 2.39. The number of likely N-dealkylation sites (tertiary alicyclic amines) is 1. The lowest BCUT2D eigenvalue weighted by Gasteiger charge is -2.43. The normalized spacial score (nSPS) is 24.0. The summed E-state index contributed by atoms with van der Waals surface area (Å²) < 4.78 is 21.5. The molecule has 12 nitrogen and oxygen atoms in total. The van der Waals surface area contributed by atoms with Crippen molar-refractivity contribution in [2.45, 2.75) is 25.0 Å². The van der Waals surface area contributed by atoms with Gasteiger partial charge in [0.15, 0.2) is 23.1 Å². The molecular weight excluding hydrogens is 443 g/mol. The summed E-state index contributed by atoms with van der Waals surface area (Å²) in [4.78, 5) is 25.2. The molecule has 2 aliphatic heterocycles. The molecule has 0 radical (unpaired) electrons. The fourth-order valence-corrected chi connectivity index (χ4v) is 4.71. The van der Waals surface area contributed by atoms with Gasteiger partial charge in [0, 0.05) is 39.3 Å². The third kappa shape index (κ3) is 4.45. The summed E-state index contributed by atoms with van der Waals surface area (Å²) in [6.45, 7) is 6.70. The first-order valence-corrected chi connectivity index (χ1v) is 11.4. The molecule has 2 fully saturated rings. The monoisotopic (exact) mass is 472 g/mol. The fraction of sp³-hybridized carbons (Fsp3) is 0.571. The summed E-state index contributed by atoms with van der Waals surface area (Å²) in [7, 11) is 0. The molecule has 2 saturated heterocycles. The van der Waals surface area contributed by atoms with Gasteiger partial charge in [-0.15, -0.1) is 0 Å². The number of rotatable bonds is 6. The van der Waals surface area contributed by atoms with Gasteiger partial charge in [0.25, 0.3) is 0 Å². The second-order valence-electron chi connectivity index (χ2n) is 8.91. The van der Waals surface area contributed by atoms with Crippen LogP contribution in [0.1, 0.15) is 19.4 Å². The summed E-state index contributed by atoms with van der Waals surface area (Å²) in [5.74, 6) is 0.504. The van der Waals surface area contributed by atoms with Crippen molar-refractivity contribution in [3.05, 3.63) is 24.7 Å². The first-order chi connectivity index (χ1) is 16.4. The topological polar surface area (TPSA) is 143 Å². The number of hydrogen-bond donors (Lipinski definition) is 3. The van der Waals surface area contributed by atoms with Gasteiger partial charge < -0.3 is 30.4 Å². The molecule has 182 valence electrons. The van der Waals surface area contributed by atoms with E-state index in [9.17, 15) is 9.50 Å². The molecule has 4 N–H and O–H groups in total. The number of piperidine rings is 1. The Balaban J connectivity index is 1.20. The Hall–Kier alpha value is -3.16.